The van der Waals surface area contributed by atoms with Gasteiger partial charge in [-0.15, -0.1) is 0 Å². The number of ether oxygens (including phenoxy) is 2. The van der Waals surface area contributed by atoms with E-state index in [0.717, 1.165) is 56.6 Å². The van der Waals surface area contributed by atoms with Gasteiger partial charge in [0.1, 0.15) is 0 Å². The number of benzene rings is 2. The Morgan fingerprint density at radius 1 is 0.800 bits per heavy atom. The molecule has 0 spiro atoms. The summed E-state index contributed by atoms with van der Waals surface area (Å²) in [7, 11) is 4.17. The highest BCUT2D eigenvalue weighted by Crippen LogP contribution is 2.26. The van der Waals surface area contributed by atoms with Crippen LogP contribution in [0.15, 0.2) is 54.6 Å². The van der Waals surface area contributed by atoms with Gasteiger partial charge in [0.05, 0.1) is 26.4 Å². The van der Waals surface area contributed by atoms with Gasteiger partial charge in [-0.05, 0) is 87.5 Å². The van der Waals surface area contributed by atoms with Gasteiger partial charge >= 0.3 is 6.03 Å². The quantitative estimate of drug-likeness (QED) is 0.408. The minimum Gasteiger partial charge on any atom is -0.378 e. The van der Waals surface area contributed by atoms with E-state index in [0.29, 0.717) is 67.0 Å². The number of nitrogens with one attached hydrogen (secondary N) is 2. The first-order valence-corrected chi connectivity index (χ1v) is 15.5. The number of amides is 3. The van der Waals surface area contributed by atoms with Crippen molar-refractivity contribution in [2.45, 2.75) is 25.3 Å². The Kier molecular flexibility index (Phi) is 9.63. The summed E-state index contributed by atoms with van der Waals surface area (Å²) in [6, 6.07) is 14.6. The van der Waals surface area contributed by atoms with Gasteiger partial charge in [-0.25, -0.2) is 9.78 Å². The van der Waals surface area contributed by atoms with Gasteiger partial charge in [0, 0.05) is 54.7 Å². The van der Waals surface area contributed by atoms with E-state index in [2.05, 4.69) is 34.5 Å². The van der Waals surface area contributed by atoms with Gasteiger partial charge in [0.15, 0.2) is 11.6 Å². The molecule has 1 aromatic heterocycles. The van der Waals surface area contributed by atoms with Crippen LogP contribution in [0.4, 0.5) is 22.1 Å². The summed E-state index contributed by atoms with van der Waals surface area (Å²) in [5.41, 5.74) is 3.71. The second-order valence-corrected chi connectivity index (χ2v) is 11.7. The van der Waals surface area contributed by atoms with Gasteiger partial charge < -0.3 is 34.8 Å². The number of carbonyl (C=O) groups is 2. The van der Waals surface area contributed by atoms with E-state index in [4.69, 9.17) is 24.4 Å². The molecule has 12 heteroatoms. The lowest BCUT2D eigenvalue weighted by molar-refractivity contribution is 0.0663. The van der Waals surface area contributed by atoms with Crippen LogP contribution < -0.4 is 15.5 Å². The molecule has 3 amide bonds. The highest BCUT2D eigenvalue weighted by molar-refractivity contribution is 6.00. The zero-order valence-electron chi connectivity index (χ0n) is 25.9. The third-order valence-electron chi connectivity index (χ3n) is 8.44. The number of carbonyl (C=O) groups excluding carboxylic acids is 2. The van der Waals surface area contributed by atoms with Crippen LogP contribution in [-0.4, -0.2) is 109 Å². The molecule has 0 aliphatic carbocycles. The van der Waals surface area contributed by atoms with Crippen molar-refractivity contribution >= 4 is 34.8 Å². The third-order valence-corrected chi connectivity index (χ3v) is 8.44. The van der Waals surface area contributed by atoms with E-state index in [1.54, 1.807) is 24.3 Å². The molecular formula is C33H40N8O4. The summed E-state index contributed by atoms with van der Waals surface area (Å²) in [6.45, 7) is 5.39. The fourth-order valence-electron chi connectivity index (χ4n) is 5.73. The predicted molar refractivity (Wildman–Crippen MR) is 173 cm³/mol. The van der Waals surface area contributed by atoms with Gasteiger partial charge in [0.2, 0.25) is 5.95 Å². The second-order valence-electron chi connectivity index (χ2n) is 11.7. The number of hydrogen-bond donors (Lipinski definition) is 2. The zero-order chi connectivity index (χ0) is 31.2. The summed E-state index contributed by atoms with van der Waals surface area (Å²) in [5, 5.41) is 5.71. The maximum atomic E-state index is 13.0. The number of anilines is 3. The van der Waals surface area contributed by atoms with E-state index >= 15 is 0 Å². The maximum Gasteiger partial charge on any atom is 0.323 e. The van der Waals surface area contributed by atoms with Crippen molar-refractivity contribution in [1.82, 2.24) is 24.8 Å². The Balaban J connectivity index is 1.08. The van der Waals surface area contributed by atoms with Crippen molar-refractivity contribution in [3.63, 3.8) is 0 Å². The number of morpholine rings is 1. The zero-order valence-corrected chi connectivity index (χ0v) is 25.9. The summed E-state index contributed by atoms with van der Waals surface area (Å²) in [6.07, 6.45) is 4.72. The molecule has 2 N–H and O–H groups in total. The van der Waals surface area contributed by atoms with Gasteiger partial charge in [-0.2, -0.15) is 9.97 Å². The number of aromatic nitrogens is 3. The van der Waals surface area contributed by atoms with Crippen LogP contribution in [0, 0.1) is 0 Å². The van der Waals surface area contributed by atoms with Gasteiger partial charge in [-0.1, -0.05) is 6.08 Å². The molecule has 2 aromatic carbocycles. The first-order valence-electron chi connectivity index (χ1n) is 15.5. The average molecular weight is 613 g/mol. The lowest BCUT2D eigenvalue weighted by Crippen LogP contribution is -2.44. The van der Waals surface area contributed by atoms with Crippen molar-refractivity contribution in [1.29, 1.82) is 0 Å². The normalized spacial score (nSPS) is 17.6. The van der Waals surface area contributed by atoms with Crippen LogP contribution in [0.2, 0.25) is 0 Å². The largest absolute Gasteiger partial charge is 0.378 e. The summed E-state index contributed by atoms with van der Waals surface area (Å²) in [5.74, 6) is 1.89. The number of piperidine rings is 1. The lowest BCUT2D eigenvalue weighted by Gasteiger charge is -2.35. The standard InChI is InChI=1S/C33H40N8O4/c1-39(2)28-11-15-40(16-12-28)31(42)25-5-9-27(10-6-25)35-33(43)34-26-7-3-23(4-8-26)29-36-30(24-13-19-44-20-14-24)38-32(37-29)41-17-21-45-22-18-41/h3-10,13,28H,11-12,14-22H2,1-2H3,(H2,34,35,43). The molecule has 3 aliphatic rings. The molecule has 0 saturated carbocycles. The van der Waals surface area contributed by atoms with E-state index in [1.807, 2.05) is 35.2 Å². The van der Waals surface area contributed by atoms with Crippen LogP contribution in [0.5, 0.6) is 0 Å². The topological polar surface area (TPSA) is 125 Å². The molecule has 2 saturated heterocycles. The Hall–Kier alpha value is -4.39. The van der Waals surface area contributed by atoms with Gasteiger partial charge in [0.25, 0.3) is 5.91 Å². The smallest absolute Gasteiger partial charge is 0.323 e. The maximum absolute atomic E-state index is 13.0. The van der Waals surface area contributed by atoms with Gasteiger partial charge in [-0.3, -0.25) is 4.79 Å². The molecule has 3 aromatic rings. The fraction of sp³-hybridized carbons (Fsp3) is 0.424. The Morgan fingerprint density at radius 3 is 2.07 bits per heavy atom. The molecule has 0 radical (unpaired) electrons. The monoisotopic (exact) mass is 612 g/mol. The number of nitrogens with zero attached hydrogens (tertiary/aromatic N) is 6. The van der Waals surface area contributed by atoms with Crippen LogP contribution in [-0.2, 0) is 9.47 Å². The second kappa shape index (κ2) is 14.1. The Bertz CT molecular complexity index is 1510. The molecule has 0 unspecified atom stereocenters. The molecule has 0 bridgehead atoms. The first kappa shape index (κ1) is 30.6. The highest BCUT2D eigenvalue weighted by Gasteiger charge is 2.25. The molecule has 2 fully saturated rings. The van der Waals surface area contributed by atoms with Crippen molar-refractivity contribution in [3.8, 4) is 11.4 Å². The molecule has 4 heterocycles. The van der Waals surface area contributed by atoms with E-state index in [-0.39, 0.29) is 11.9 Å². The molecule has 12 nitrogen and oxygen atoms in total. The van der Waals surface area contributed by atoms with Crippen molar-refractivity contribution in [2.75, 3.05) is 82.2 Å². The highest BCUT2D eigenvalue weighted by atomic mass is 16.5. The van der Waals surface area contributed by atoms with Crippen molar-refractivity contribution < 1.29 is 19.1 Å². The molecule has 6 rings (SSSR count). The number of rotatable bonds is 7. The van der Waals surface area contributed by atoms with Crippen LogP contribution in [0.3, 0.4) is 0 Å². The van der Waals surface area contributed by atoms with E-state index in [9.17, 15) is 9.59 Å². The third kappa shape index (κ3) is 7.64. The number of likely N-dealkylation sites (tertiary alicyclic amines) is 1. The predicted octanol–water partition coefficient (Wildman–Crippen LogP) is 3.99. The Morgan fingerprint density at radius 2 is 1.44 bits per heavy atom. The van der Waals surface area contributed by atoms with Crippen LogP contribution in [0.1, 0.15) is 35.4 Å². The minimum atomic E-state index is -0.379. The van der Waals surface area contributed by atoms with E-state index in [1.165, 1.54) is 0 Å². The summed E-state index contributed by atoms with van der Waals surface area (Å²) < 4.78 is 11.0. The molecule has 0 atom stereocenters. The molecular weight excluding hydrogens is 572 g/mol. The Labute approximate surface area is 263 Å². The number of hydrogen-bond acceptors (Lipinski definition) is 9. The van der Waals surface area contributed by atoms with Crippen molar-refractivity contribution in [3.05, 3.63) is 66.0 Å². The fourth-order valence-corrected chi connectivity index (χ4v) is 5.73. The summed E-state index contributed by atoms with van der Waals surface area (Å²) in [4.78, 5) is 46.3. The molecule has 236 valence electrons. The summed E-state index contributed by atoms with van der Waals surface area (Å²) >= 11 is 0. The van der Waals surface area contributed by atoms with Crippen LogP contribution >= 0.6 is 0 Å². The first-order chi connectivity index (χ1) is 21.9. The number of urea groups is 1. The molecule has 45 heavy (non-hydrogen) atoms. The average Bonchev–Trinajstić information content (AvgIpc) is 3.09. The SMILES string of the molecule is CN(C)C1CCN(C(=O)c2ccc(NC(=O)Nc3ccc(-c4nc(C5=CCOCC5)nc(N5CCOCC5)n4)cc3)cc2)CC1. The van der Waals surface area contributed by atoms with Crippen molar-refractivity contribution in [2.24, 2.45) is 0 Å². The van der Waals surface area contributed by atoms with E-state index < -0.39 is 0 Å². The van der Waals surface area contributed by atoms with Crippen LogP contribution in [0.25, 0.3) is 17.0 Å². The lowest BCUT2D eigenvalue weighted by atomic mass is 10.0. The minimum absolute atomic E-state index is 0.0233. The molecule has 3 aliphatic heterocycles.